The van der Waals surface area contributed by atoms with Crippen LogP contribution in [0.3, 0.4) is 0 Å². The third kappa shape index (κ3) is 4.07. The minimum Gasteiger partial charge on any atom is -0.444 e. The van der Waals surface area contributed by atoms with E-state index in [1.165, 1.54) is 11.8 Å². The highest BCUT2D eigenvalue weighted by molar-refractivity contribution is 8.00. The highest BCUT2D eigenvalue weighted by atomic mass is 35.5. The molecule has 1 fully saturated rings. The fraction of sp³-hybridized carbons (Fsp3) is 0.320. The van der Waals surface area contributed by atoms with E-state index in [4.69, 9.17) is 16.3 Å². The van der Waals surface area contributed by atoms with E-state index in [0.717, 1.165) is 33.5 Å². The van der Waals surface area contributed by atoms with Crippen LogP contribution in [0.4, 0.5) is 16.2 Å². The highest BCUT2D eigenvalue weighted by Crippen LogP contribution is 2.37. The van der Waals surface area contributed by atoms with Gasteiger partial charge in [0.2, 0.25) is 5.91 Å². The standard InChI is InChI=1S/C25H23ClN4O4S/c26-17-6-3-14-4-8-22(32)30-12-19(23(17)24(14)30)27-9-1-2-16-11-29(25(33)34-16)15-5-7-20-18(10-15)28-21(31)13-35-20/h3-8,10,16,19,27H,1-2,9,11-13H2,(H,28,31)/t16-,19?/m1/s1. The van der Waals surface area contributed by atoms with Gasteiger partial charge in [0.05, 0.1) is 29.5 Å². The maximum absolute atomic E-state index is 12.5. The van der Waals surface area contributed by atoms with Gasteiger partial charge >= 0.3 is 6.09 Å². The van der Waals surface area contributed by atoms with Crippen LogP contribution in [0.1, 0.15) is 24.4 Å². The van der Waals surface area contributed by atoms with Gasteiger partial charge in [0.25, 0.3) is 5.56 Å². The summed E-state index contributed by atoms with van der Waals surface area (Å²) in [6.07, 6.45) is 0.934. The van der Waals surface area contributed by atoms with Gasteiger partial charge in [-0.3, -0.25) is 14.5 Å². The molecule has 1 unspecified atom stereocenters. The molecular formula is C25H23ClN4O4S. The van der Waals surface area contributed by atoms with Crippen molar-refractivity contribution in [1.29, 1.82) is 0 Å². The number of ether oxygens (including phenoxy) is 1. The molecule has 0 aliphatic carbocycles. The largest absolute Gasteiger partial charge is 0.444 e. The summed E-state index contributed by atoms with van der Waals surface area (Å²) >= 11 is 7.99. The summed E-state index contributed by atoms with van der Waals surface area (Å²) in [5, 5.41) is 8.06. The first-order chi connectivity index (χ1) is 17.0. The number of halogens is 1. The van der Waals surface area contributed by atoms with E-state index in [0.29, 0.717) is 42.5 Å². The van der Waals surface area contributed by atoms with Crippen molar-refractivity contribution in [2.75, 3.05) is 29.1 Å². The van der Waals surface area contributed by atoms with Crippen LogP contribution in [0.15, 0.2) is 52.2 Å². The van der Waals surface area contributed by atoms with Crippen molar-refractivity contribution in [2.24, 2.45) is 0 Å². The SMILES string of the molecule is O=C1CSc2ccc(N3C[C@@H](CCCNC4Cn5c(=O)ccc6ccc(Cl)c4c65)OC3=O)cc2N1. The topological polar surface area (TPSA) is 92.7 Å². The number of thioether (sulfide) groups is 1. The van der Waals surface area contributed by atoms with Crippen molar-refractivity contribution in [1.82, 2.24) is 9.88 Å². The molecule has 3 aromatic rings. The average Bonchev–Trinajstić information content (AvgIpc) is 3.42. The number of amides is 2. The van der Waals surface area contributed by atoms with Crippen LogP contribution in [0.25, 0.3) is 10.9 Å². The fourth-order valence-electron chi connectivity index (χ4n) is 5.08. The normalized spacial score (nSPS) is 20.8. The van der Waals surface area contributed by atoms with E-state index in [9.17, 15) is 14.4 Å². The highest BCUT2D eigenvalue weighted by Gasteiger charge is 2.33. The van der Waals surface area contributed by atoms with E-state index in [-0.39, 0.29) is 29.7 Å². The Balaban J connectivity index is 1.06. The molecule has 0 spiro atoms. The van der Waals surface area contributed by atoms with Crippen LogP contribution in [0, 0.1) is 0 Å². The molecule has 35 heavy (non-hydrogen) atoms. The molecule has 3 aliphatic heterocycles. The third-order valence-electron chi connectivity index (χ3n) is 6.73. The zero-order chi connectivity index (χ0) is 24.1. The molecule has 8 nitrogen and oxygen atoms in total. The van der Waals surface area contributed by atoms with Crippen molar-refractivity contribution >= 4 is 57.6 Å². The summed E-state index contributed by atoms with van der Waals surface area (Å²) < 4.78 is 7.38. The Morgan fingerprint density at radius 2 is 1.97 bits per heavy atom. The van der Waals surface area contributed by atoms with Crippen LogP contribution < -0.4 is 21.1 Å². The molecule has 3 aliphatic rings. The molecule has 0 bridgehead atoms. The van der Waals surface area contributed by atoms with Crippen molar-refractivity contribution < 1.29 is 14.3 Å². The van der Waals surface area contributed by atoms with Gasteiger partial charge in [-0.25, -0.2) is 4.79 Å². The lowest BCUT2D eigenvalue weighted by Gasteiger charge is -2.20. The second kappa shape index (κ2) is 8.89. The van der Waals surface area contributed by atoms with Gasteiger partial charge in [0, 0.05) is 33.8 Å². The molecule has 6 rings (SSSR count). The van der Waals surface area contributed by atoms with Gasteiger partial charge in [-0.1, -0.05) is 17.7 Å². The maximum atomic E-state index is 12.5. The zero-order valence-electron chi connectivity index (χ0n) is 18.8. The summed E-state index contributed by atoms with van der Waals surface area (Å²) in [7, 11) is 0. The first kappa shape index (κ1) is 22.5. The Kier molecular flexibility index (Phi) is 5.70. The predicted molar refractivity (Wildman–Crippen MR) is 137 cm³/mol. The van der Waals surface area contributed by atoms with Gasteiger partial charge in [-0.2, -0.15) is 0 Å². The third-order valence-corrected chi connectivity index (χ3v) is 8.13. The van der Waals surface area contributed by atoms with Crippen molar-refractivity contribution in [3.05, 3.63) is 63.4 Å². The van der Waals surface area contributed by atoms with Crippen LogP contribution in [0.5, 0.6) is 0 Å². The van der Waals surface area contributed by atoms with E-state index in [2.05, 4.69) is 10.6 Å². The lowest BCUT2D eigenvalue weighted by molar-refractivity contribution is -0.113. The van der Waals surface area contributed by atoms with Crippen LogP contribution in [-0.2, 0) is 16.1 Å². The van der Waals surface area contributed by atoms with Crippen molar-refractivity contribution in [3.8, 4) is 0 Å². The van der Waals surface area contributed by atoms with Gasteiger partial charge in [0.15, 0.2) is 0 Å². The van der Waals surface area contributed by atoms with Gasteiger partial charge < -0.3 is 19.9 Å². The summed E-state index contributed by atoms with van der Waals surface area (Å²) in [5.74, 6) is 0.362. The summed E-state index contributed by atoms with van der Waals surface area (Å²) in [5.41, 5.74) is 3.30. The van der Waals surface area contributed by atoms with Crippen LogP contribution in [-0.4, -0.2) is 41.5 Å². The molecule has 2 amide bonds. The molecule has 10 heteroatoms. The van der Waals surface area contributed by atoms with E-state index in [1.807, 2.05) is 36.4 Å². The summed E-state index contributed by atoms with van der Waals surface area (Å²) in [4.78, 5) is 39.2. The van der Waals surface area contributed by atoms with Crippen LogP contribution in [0.2, 0.25) is 5.02 Å². The molecule has 4 heterocycles. The van der Waals surface area contributed by atoms with Gasteiger partial charge in [-0.15, -0.1) is 11.8 Å². The summed E-state index contributed by atoms with van der Waals surface area (Å²) in [6, 6.07) is 12.9. The minimum atomic E-state index is -0.373. The Labute approximate surface area is 210 Å². The number of hydrogen-bond donors (Lipinski definition) is 2. The number of nitrogens with zero attached hydrogens (tertiary/aromatic N) is 2. The number of rotatable bonds is 6. The molecule has 1 saturated heterocycles. The Bertz CT molecular complexity index is 1420. The number of cyclic esters (lactones) is 1. The Morgan fingerprint density at radius 1 is 1.11 bits per heavy atom. The van der Waals surface area contributed by atoms with E-state index >= 15 is 0 Å². The molecule has 0 saturated carbocycles. The second-order valence-corrected chi connectivity index (χ2v) is 10.4. The fourth-order valence-corrected chi connectivity index (χ4v) is 6.15. The number of benzene rings is 2. The lowest BCUT2D eigenvalue weighted by Crippen LogP contribution is -2.27. The second-order valence-electron chi connectivity index (χ2n) is 8.96. The number of carbonyl (C=O) groups is 2. The monoisotopic (exact) mass is 510 g/mol. The van der Waals surface area contributed by atoms with Crippen molar-refractivity contribution in [3.63, 3.8) is 0 Å². The zero-order valence-corrected chi connectivity index (χ0v) is 20.3. The number of nitrogens with one attached hydrogen (secondary N) is 2. The minimum absolute atomic E-state index is 0.0244. The molecular weight excluding hydrogens is 488 g/mol. The summed E-state index contributed by atoms with van der Waals surface area (Å²) in [6.45, 7) is 1.72. The number of fused-ring (bicyclic) bond motifs is 1. The average molecular weight is 511 g/mol. The Morgan fingerprint density at radius 3 is 2.86 bits per heavy atom. The molecule has 1 aromatic heterocycles. The predicted octanol–water partition coefficient (Wildman–Crippen LogP) is 4.15. The molecule has 180 valence electrons. The number of aromatic nitrogens is 1. The van der Waals surface area contributed by atoms with Crippen molar-refractivity contribution in [2.45, 2.75) is 36.4 Å². The molecule has 0 radical (unpaired) electrons. The molecule has 2 atom stereocenters. The number of carbonyl (C=O) groups excluding carboxylic acids is 2. The number of hydrogen-bond acceptors (Lipinski definition) is 6. The van der Waals surface area contributed by atoms with Crippen LogP contribution >= 0.6 is 23.4 Å². The van der Waals surface area contributed by atoms with E-state index < -0.39 is 0 Å². The first-order valence-electron chi connectivity index (χ1n) is 11.6. The molecule has 2 aromatic carbocycles. The van der Waals surface area contributed by atoms with E-state index in [1.54, 1.807) is 15.5 Å². The van der Waals surface area contributed by atoms with Gasteiger partial charge in [-0.05, 0) is 55.1 Å². The lowest BCUT2D eigenvalue weighted by atomic mass is 10.1. The number of pyridine rings is 1. The number of anilines is 2. The first-order valence-corrected chi connectivity index (χ1v) is 12.9. The smallest absolute Gasteiger partial charge is 0.414 e. The maximum Gasteiger partial charge on any atom is 0.414 e. The Hall–Kier alpha value is -3.01. The quantitative estimate of drug-likeness (QED) is 0.484. The molecule has 2 N–H and O–H groups in total. The van der Waals surface area contributed by atoms with Gasteiger partial charge in [0.1, 0.15) is 6.10 Å².